The molecule has 0 aliphatic heterocycles. The standard InChI is InChI=1S/C12H14N2O4S/c1-7(15)19-12(2,3)11(18)14-9-5-4-8(6-13-9)10(16)17/h4-6H,1-3H3,(H,16,17)(H,13,14,18). The van der Waals surface area contributed by atoms with E-state index in [0.29, 0.717) is 0 Å². The molecule has 0 aliphatic carbocycles. The lowest BCUT2D eigenvalue weighted by Gasteiger charge is -2.20. The third-order valence-corrected chi connectivity index (χ3v) is 3.18. The van der Waals surface area contributed by atoms with Gasteiger partial charge in [-0.3, -0.25) is 9.59 Å². The average molecular weight is 282 g/mol. The summed E-state index contributed by atoms with van der Waals surface area (Å²) >= 11 is 0.919. The Kier molecular flexibility index (Phi) is 4.66. The molecule has 102 valence electrons. The first kappa shape index (κ1) is 15.2. The van der Waals surface area contributed by atoms with Crippen molar-refractivity contribution in [1.29, 1.82) is 0 Å². The lowest BCUT2D eigenvalue weighted by atomic mass is 10.2. The molecule has 0 saturated carbocycles. The Morgan fingerprint density at radius 1 is 1.32 bits per heavy atom. The van der Waals surface area contributed by atoms with Gasteiger partial charge in [-0.15, -0.1) is 0 Å². The summed E-state index contributed by atoms with van der Waals surface area (Å²) < 4.78 is -0.918. The first-order valence-corrected chi connectivity index (χ1v) is 6.24. The molecule has 1 aromatic heterocycles. The van der Waals surface area contributed by atoms with Crippen molar-refractivity contribution in [2.24, 2.45) is 0 Å². The van der Waals surface area contributed by atoms with Crippen LogP contribution < -0.4 is 5.32 Å². The third-order valence-electron chi connectivity index (χ3n) is 2.20. The SMILES string of the molecule is CC(=O)SC(C)(C)C(=O)Nc1ccc(C(=O)O)cn1. The summed E-state index contributed by atoms with van der Waals surface area (Å²) in [6, 6.07) is 2.74. The molecule has 7 heteroatoms. The minimum Gasteiger partial charge on any atom is -0.478 e. The molecule has 0 atom stereocenters. The number of anilines is 1. The van der Waals surface area contributed by atoms with Gasteiger partial charge >= 0.3 is 5.97 Å². The molecule has 1 rings (SSSR count). The number of hydrogen-bond acceptors (Lipinski definition) is 5. The zero-order valence-corrected chi connectivity index (χ0v) is 11.6. The lowest BCUT2D eigenvalue weighted by molar-refractivity contribution is -0.118. The van der Waals surface area contributed by atoms with Gasteiger partial charge in [0, 0.05) is 13.1 Å². The molecule has 0 spiro atoms. The van der Waals surface area contributed by atoms with E-state index in [1.807, 2.05) is 0 Å². The fraction of sp³-hybridized carbons (Fsp3) is 0.333. The van der Waals surface area contributed by atoms with Gasteiger partial charge in [0.05, 0.1) is 10.3 Å². The summed E-state index contributed by atoms with van der Waals surface area (Å²) in [5.41, 5.74) is 0.0374. The third kappa shape index (κ3) is 4.36. The molecule has 0 unspecified atom stereocenters. The van der Waals surface area contributed by atoms with Gasteiger partial charge < -0.3 is 10.4 Å². The Morgan fingerprint density at radius 3 is 2.37 bits per heavy atom. The number of carboxylic acids is 1. The number of carbonyl (C=O) groups excluding carboxylic acids is 2. The van der Waals surface area contributed by atoms with Crippen LogP contribution in [0.4, 0.5) is 5.82 Å². The van der Waals surface area contributed by atoms with E-state index in [-0.39, 0.29) is 22.4 Å². The Bertz CT molecular complexity index is 511. The quantitative estimate of drug-likeness (QED) is 0.873. The maximum Gasteiger partial charge on any atom is 0.337 e. The number of nitrogens with one attached hydrogen (secondary N) is 1. The molecule has 6 nitrogen and oxygen atoms in total. The van der Waals surface area contributed by atoms with Crippen LogP contribution in [0.5, 0.6) is 0 Å². The number of carbonyl (C=O) groups is 3. The van der Waals surface area contributed by atoms with Crippen molar-refractivity contribution in [3.8, 4) is 0 Å². The predicted octanol–water partition coefficient (Wildman–Crippen LogP) is 1.78. The number of amides is 1. The van der Waals surface area contributed by atoms with E-state index < -0.39 is 10.7 Å². The van der Waals surface area contributed by atoms with E-state index in [4.69, 9.17) is 5.11 Å². The molecule has 1 aromatic rings. The Morgan fingerprint density at radius 2 is 1.95 bits per heavy atom. The van der Waals surface area contributed by atoms with Gasteiger partial charge in [0.1, 0.15) is 5.82 Å². The first-order valence-electron chi connectivity index (χ1n) is 5.43. The number of thioether (sulfide) groups is 1. The molecule has 0 aromatic carbocycles. The van der Waals surface area contributed by atoms with Crippen LogP contribution in [0.3, 0.4) is 0 Å². The highest BCUT2D eigenvalue weighted by molar-refractivity contribution is 8.15. The van der Waals surface area contributed by atoms with Crippen LogP contribution >= 0.6 is 11.8 Å². The van der Waals surface area contributed by atoms with Crippen molar-refractivity contribution in [2.45, 2.75) is 25.5 Å². The molecule has 0 aliphatic rings. The number of pyridine rings is 1. The van der Waals surface area contributed by atoms with Gasteiger partial charge in [0.15, 0.2) is 5.12 Å². The van der Waals surface area contributed by atoms with Crippen molar-refractivity contribution in [1.82, 2.24) is 4.98 Å². The molecule has 0 saturated heterocycles. The van der Waals surface area contributed by atoms with Crippen LogP contribution in [0.15, 0.2) is 18.3 Å². The normalized spacial score (nSPS) is 10.9. The number of aromatic nitrogens is 1. The van der Waals surface area contributed by atoms with Crippen molar-refractivity contribution >= 4 is 34.6 Å². The molecule has 1 heterocycles. The molecule has 0 bridgehead atoms. The minimum absolute atomic E-state index is 0.0374. The molecule has 19 heavy (non-hydrogen) atoms. The highest BCUT2D eigenvalue weighted by Crippen LogP contribution is 2.26. The van der Waals surface area contributed by atoms with E-state index >= 15 is 0 Å². The van der Waals surface area contributed by atoms with E-state index in [2.05, 4.69) is 10.3 Å². The molecular formula is C12H14N2O4S. The maximum absolute atomic E-state index is 11.9. The predicted molar refractivity (Wildman–Crippen MR) is 72.2 cm³/mol. The number of nitrogens with zero attached hydrogens (tertiary/aromatic N) is 1. The maximum atomic E-state index is 11.9. The summed E-state index contributed by atoms with van der Waals surface area (Å²) in [6.07, 6.45) is 1.16. The van der Waals surface area contributed by atoms with Crippen LogP contribution in [0.25, 0.3) is 0 Å². The van der Waals surface area contributed by atoms with Gasteiger partial charge in [-0.2, -0.15) is 0 Å². The minimum atomic E-state index is -1.09. The van der Waals surface area contributed by atoms with Crippen molar-refractivity contribution in [2.75, 3.05) is 5.32 Å². The second kappa shape index (κ2) is 5.83. The van der Waals surface area contributed by atoms with Crippen LogP contribution in [-0.2, 0) is 9.59 Å². The number of carboxylic acid groups (broad SMARTS) is 1. The zero-order valence-electron chi connectivity index (χ0n) is 10.8. The number of hydrogen-bond donors (Lipinski definition) is 2. The van der Waals surface area contributed by atoms with Crippen molar-refractivity contribution < 1.29 is 19.5 Å². The van der Waals surface area contributed by atoms with Gasteiger partial charge in [-0.05, 0) is 26.0 Å². The lowest BCUT2D eigenvalue weighted by Crippen LogP contribution is -2.35. The van der Waals surface area contributed by atoms with Gasteiger partial charge in [-0.25, -0.2) is 9.78 Å². The summed E-state index contributed by atoms with van der Waals surface area (Å²) in [7, 11) is 0. The molecule has 0 radical (unpaired) electrons. The van der Waals surface area contributed by atoms with E-state index in [0.717, 1.165) is 18.0 Å². The first-order chi connectivity index (χ1) is 8.72. The van der Waals surface area contributed by atoms with Gasteiger partial charge in [0.2, 0.25) is 5.91 Å². The monoisotopic (exact) mass is 282 g/mol. The van der Waals surface area contributed by atoms with Gasteiger partial charge in [-0.1, -0.05) is 11.8 Å². The Labute approximate surface area is 114 Å². The topological polar surface area (TPSA) is 96.4 Å². The number of rotatable bonds is 4. The zero-order chi connectivity index (χ0) is 14.6. The highest BCUT2D eigenvalue weighted by Gasteiger charge is 2.30. The second-order valence-electron chi connectivity index (χ2n) is 4.30. The van der Waals surface area contributed by atoms with E-state index in [1.54, 1.807) is 13.8 Å². The van der Waals surface area contributed by atoms with Crippen LogP contribution in [-0.4, -0.2) is 31.8 Å². The number of aromatic carboxylic acids is 1. The Balaban J connectivity index is 2.76. The van der Waals surface area contributed by atoms with Crippen LogP contribution in [0.1, 0.15) is 31.1 Å². The molecule has 2 N–H and O–H groups in total. The van der Waals surface area contributed by atoms with E-state index in [1.165, 1.54) is 19.1 Å². The summed E-state index contributed by atoms with van der Waals surface area (Å²) in [5, 5.41) is 11.1. The van der Waals surface area contributed by atoms with Crippen molar-refractivity contribution in [3.05, 3.63) is 23.9 Å². The van der Waals surface area contributed by atoms with Crippen molar-refractivity contribution in [3.63, 3.8) is 0 Å². The fourth-order valence-electron chi connectivity index (χ4n) is 1.27. The van der Waals surface area contributed by atoms with Gasteiger partial charge in [0.25, 0.3) is 0 Å². The largest absolute Gasteiger partial charge is 0.478 e. The molecule has 0 fully saturated rings. The molecule has 1 amide bonds. The fourth-order valence-corrected chi connectivity index (χ4v) is 2.13. The average Bonchev–Trinajstić information content (AvgIpc) is 2.27. The van der Waals surface area contributed by atoms with Crippen LogP contribution in [0, 0.1) is 0 Å². The van der Waals surface area contributed by atoms with E-state index in [9.17, 15) is 14.4 Å². The summed E-state index contributed by atoms with van der Waals surface area (Å²) in [5.74, 6) is -1.21. The second-order valence-corrected chi connectivity index (χ2v) is 6.10. The highest BCUT2D eigenvalue weighted by atomic mass is 32.2. The summed E-state index contributed by atoms with van der Waals surface area (Å²) in [6.45, 7) is 4.64. The smallest absolute Gasteiger partial charge is 0.337 e. The van der Waals surface area contributed by atoms with Crippen LogP contribution in [0.2, 0.25) is 0 Å². The molecular weight excluding hydrogens is 268 g/mol. The Hall–Kier alpha value is -1.89. The summed E-state index contributed by atoms with van der Waals surface area (Å²) in [4.78, 5) is 37.5.